The maximum absolute atomic E-state index is 6.14. The van der Waals surface area contributed by atoms with Crippen molar-refractivity contribution < 1.29 is 8.83 Å². The summed E-state index contributed by atoms with van der Waals surface area (Å²) in [6, 6.07) is 3.86. The largest absolute Gasteiger partial charge is 0.465 e. The molecule has 98 valence electrons. The average Bonchev–Trinajstić information content (AvgIpc) is 2.94. The second-order valence-electron chi connectivity index (χ2n) is 4.15. The third-order valence-corrected chi connectivity index (χ3v) is 3.84. The van der Waals surface area contributed by atoms with Gasteiger partial charge in [-0.3, -0.25) is 0 Å². The van der Waals surface area contributed by atoms with E-state index in [1.807, 2.05) is 26.0 Å². The molecule has 2 unspecified atom stereocenters. The maximum atomic E-state index is 6.14. The first kappa shape index (κ1) is 13.2. The average molecular weight is 267 g/mol. The Kier molecular flexibility index (Phi) is 4.08. The Bertz CT molecular complexity index is 509. The summed E-state index contributed by atoms with van der Waals surface area (Å²) in [5, 5.41) is 8.31. The van der Waals surface area contributed by atoms with E-state index in [2.05, 4.69) is 10.2 Å². The van der Waals surface area contributed by atoms with Crippen LogP contribution in [0.2, 0.25) is 0 Å². The molecule has 0 aliphatic rings. The lowest BCUT2D eigenvalue weighted by molar-refractivity contribution is 0.421. The molecule has 0 radical (unpaired) electrons. The van der Waals surface area contributed by atoms with Crippen molar-refractivity contribution in [3.05, 3.63) is 29.5 Å². The van der Waals surface area contributed by atoms with Crippen LogP contribution in [0.1, 0.15) is 36.0 Å². The molecule has 0 amide bonds. The normalized spacial score (nSPS) is 14.7. The van der Waals surface area contributed by atoms with Gasteiger partial charge in [-0.25, -0.2) is 0 Å². The molecule has 2 aromatic rings. The lowest BCUT2D eigenvalue weighted by Crippen LogP contribution is -2.25. The predicted molar refractivity (Wildman–Crippen MR) is 69.3 cm³/mol. The monoisotopic (exact) mass is 267 g/mol. The number of aromatic nitrogens is 2. The number of rotatable bonds is 5. The molecule has 0 aliphatic heterocycles. The first-order chi connectivity index (χ1) is 8.60. The molecule has 0 saturated carbocycles. The smallest absolute Gasteiger partial charge is 0.277 e. The fraction of sp³-hybridized carbons (Fsp3) is 0.500. The highest BCUT2D eigenvalue weighted by atomic mass is 32.2. The van der Waals surface area contributed by atoms with Crippen LogP contribution in [0, 0.1) is 13.8 Å². The zero-order valence-corrected chi connectivity index (χ0v) is 11.5. The number of thioether (sulfide) groups is 1. The Labute approximate surface area is 110 Å². The second kappa shape index (κ2) is 5.58. The molecule has 6 heteroatoms. The standard InChI is InChI=1S/C12H17N3O2S/c1-4-9(13)11(10-6-5-7(2)16-10)18-12-15-14-8(3)17-12/h5-6,9,11H,4,13H2,1-3H3. The first-order valence-electron chi connectivity index (χ1n) is 5.88. The van der Waals surface area contributed by atoms with E-state index in [4.69, 9.17) is 14.6 Å². The van der Waals surface area contributed by atoms with Crippen LogP contribution in [-0.2, 0) is 0 Å². The lowest BCUT2D eigenvalue weighted by atomic mass is 10.1. The summed E-state index contributed by atoms with van der Waals surface area (Å²) < 4.78 is 11.0. The third-order valence-electron chi connectivity index (χ3n) is 2.64. The summed E-state index contributed by atoms with van der Waals surface area (Å²) in [5.74, 6) is 2.28. The zero-order chi connectivity index (χ0) is 13.1. The first-order valence-corrected chi connectivity index (χ1v) is 6.76. The van der Waals surface area contributed by atoms with Gasteiger partial charge in [0.05, 0.1) is 5.25 Å². The molecule has 0 spiro atoms. The number of hydrogen-bond donors (Lipinski definition) is 1. The molecule has 0 saturated heterocycles. The predicted octanol–water partition coefficient (Wildman–Crippen LogP) is 2.85. The number of hydrogen-bond acceptors (Lipinski definition) is 6. The fourth-order valence-corrected chi connectivity index (χ4v) is 2.70. The Morgan fingerprint density at radius 3 is 2.56 bits per heavy atom. The minimum atomic E-state index is -0.0206. The lowest BCUT2D eigenvalue weighted by Gasteiger charge is -2.18. The van der Waals surface area contributed by atoms with Gasteiger partial charge >= 0.3 is 0 Å². The van der Waals surface area contributed by atoms with Crippen LogP contribution >= 0.6 is 11.8 Å². The highest BCUT2D eigenvalue weighted by molar-refractivity contribution is 7.99. The van der Waals surface area contributed by atoms with Gasteiger partial charge in [-0.05, 0) is 25.5 Å². The van der Waals surface area contributed by atoms with E-state index in [1.54, 1.807) is 6.92 Å². The van der Waals surface area contributed by atoms with Crippen molar-refractivity contribution in [3.63, 3.8) is 0 Å². The summed E-state index contributed by atoms with van der Waals surface area (Å²) in [5.41, 5.74) is 6.14. The van der Waals surface area contributed by atoms with Crippen LogP contribution < -0.4 is 5.73 Å². The quantitative estimate of drug-likeness (QED) is 0.839. The summed E-state index contributed by atoms with van der Waals surface area (Å²) >= 11 is 1.45. The number of nitrogens with two attached hydrogens (primary N) is 1. The Morgan fingerprint density at radius 2 is 2.06 bits per heavy atom. The molecule has 2 heterocycles. The van der Waals surface area contributed by atoms with Crippen molar-refractivity contribution in [1.29, 1.82) is 0 Å². The summed E-state index contributed by atoms with van der Waals surface area (Å²) in [7, 11) is 0. The molecule has 18 heavy (non-hydrogen) atoms. The van der Waals surface area contributed by atoms with E-state index < -0.39 is 0 Å². The van der Waals surface area contributed by atoms with Gasteiger partial charge in [-0.2, -0.15) is 0 Å². The topological polar surface area (TPSA) is 78.1 Å². The van der Waals surface area contributed by atoms with E-state index in [0.717, 1.165) is 17.9 Å². The highest BCUT2D eigenvalue weighted by Crippen LogP contribution is 2.38. The van der Waals surface area contributed by atoms with Crippen LogP contribution in [-0.4, -0.2) is 16.2 Å². The van der Waals surface area contributed by atoms with Crippen LogP contribution in [0.5, 0.6) is 0 Å². The Balaban J connectivity index is 2.20. The summed E-state index contributed by atoms with van der Waals surface area (Å²) in [4.78, 5) is 0. The Hall–Kier alpha value is -1.27. The molecule has 2 rings (SSSR count). The molecule has 0 fully saturated rings. The van der Waals surface area contributed by atoms with E-state index in [1.165, 1.54) is 11.8 Å². The third kappa shape index (κ3) is 2.94. The highest BCUT2D eigenvalue weighted by Gasteiger charge is 2.25. The van der Waals surface area contributed by atoms with Crippen molar-refractivity contribution in [3.8, 4) is 0 Å². The number of nitrogens with zero attached hydrogens (tertiary/aromatic N) is 2. The minimum absolute atomic E-state index is 0.0106. The van der Waals surface area contributed by atoms with Gasteiger partial charge in [-0.15, -0.1) is 10.2 Å². The van der Waals surface area contributed by atoms with Crippen molar-refractivity contribution in [2.45, 2.75) is 43.7 Å². The fourth-order valence-electron chi connectivity index (χ4n) is 1.61. The van der Waals surface area contributed by atoms with E-state index >= 15 is 0 Å². The number of aryl methyl sites for hydroxylation is 2. The van der Waals surface area contributed by atoms with Crippen LogP contribution in [0.3, 0.4) is 0 Å². The molecule has 5 nitrogen and oxygen atoms in total. The van der Waals surface area contributed by atoms with Gasteiger partial charge in [0.15, 0.2) is 0 Å². The van der Waals surface area contributed by atoms with Crippen LogP contribution in [0.15, 0.2) is 26.2 Å². The maximum Gasteiger partial charge on any atom is 0.277 e. The molecule has 0 aromatic carbocycles. The van der Waals surface area contributed by atoms with Gasteiger partial charge < -0.3 is 14.6 Å². The van der Waals surface area contributed by atoms with Gasteiger partial charge in [0.1, 0.15) is 11.5 Å². The second-order valence-corrected chi connectivity index (χ2v) is 5.24. The van der Waals surface area contributed by atoms with Crippen LogP contribution in [0.25, 0.3) is 0 Å². The number of furan rings is 1. The van der Waals surface area contributed by atoms with Gasteiger partial charge in [0, 0.05) is 13.0 Å². The molecule has 0 bridgehead atoms. The van der Waals surface area contributed by atoms with E-state index in [9.17, 15) is 0 Å². The van der Waals surface area contributed by atoms with Crippen molar-refractivity contribution in [2.75, 3.05) is 0 Å². The molecular formula is C12H17N3O2S. The molecule has 2 N–H and O–H groups in total. The molecular weight excluding hydrogens is 250 g/mol. The van der Waals surface area contributed by atoms with Crippen molar-refractivity contribution in [1.82, 2.24) is 10.2 Å². The van der Waals surface area contributed by atoms with Gasteiger partial charge in [0.25, 0.3) is 5.22 Å². The molecule has 0 aliphatic carbocycles. The van der Waals surface area contributed by atoms with Crippen molar-refractivity contribution >= 4 is 11.8 Å². The SMILES string of the molecule is CCC(N)C(Sc1nnc(C)o1)c1ccc(C)o1. The van der Waals surface area contributed by atoms with E-state index in [0.29, 0.717) is 11.1 Å². The van der Waals surface area contributed by atoms with Crippen LogP contribution in [0.4, 0.5) is 0 Å². The Morgan fingerprint density at radius 1 is 1.28 bits per heavy atom. The minimum Gasteiger partial charge on any atom is -0.465 e. The molecule has 2 atom stereocenters. The molecule has 2 aromatic heterocycles. The van der Waals surface area contributed by atoms with Gasteiger partial charge in [-0.1, -0.05) is 18.7 Å². The summed E-state index contributed by atoms with van der Waals surface area (Å²) in [6.45, 7) is 5.73. The zero-order valence-electron chi connectivity index (χ0n) is 10.7. The van der Waals surface area contributed by atoms with E-state index in [-0.39, 0.29) is 11.3 Å². The summed E-state index contributed by atoms with van der Waals surface area (Å²) in [6.07, 6.45) is 0.852. The van der Waals surface area contributed by atoms with Crippen molar-refractivity contribution in [2.24, 2.45) is 5.73 Å². The van der Waals surface area contributed by atoms with Gasteiger partial charge in [0.2, 0.25) is 5.89 Å².